The Kier molecular flexibility index (Phi) is 7.34. The minimum Gasteiger partial charge on any atom is -0.575 e. The van der Waals surface area contributed by atoms with E-state index in [1.165, 1.54) is 0 Å². The van der Waals surface area contributed by atoms with Gasteiger partial charge >= 0.3 is 14.1 Å². The number of nitrogens with zero attached hydrogens (tertiary/aromatic N) is 1. The van der Waals surface area contributed by atoms with Crippen LogP contribution >= 0.6 is 8.17 Å². The highest BCUT2D eigenvalue weighted by Crippen LogP contribution is 2.25. The summed E-state index contributed by atoms with van der Waals surface area (Å²) in [5, 5.41) is 0. The lowest BCUT2D eigenvalue weighted by molar-refractivity contribution is -0.170. The van der Waals surface area contributed by atoms with Crippen molar-refractivity contribution < 1.29 is 18.9 Å². The van der Waals surface area contributed by atoms with Crippen molar-refractivity contribution in [3.63, 3.8) is 0 Å². The van der Waals surface area contributed by atoms with Crippen molar-refractivity contribution in [3.8, 4) is 5.75 Å². The Balaban J connectivity index is 2.78. The molecule has 0 aliphatic rings. The van der Waals surface area contributed by atoms with Gasteiger partial charge in [0.1, 0.15) is 0 Å². The van der Waals surface area contributed by atoms with Crippen LogP contribution in [0.2, 0.25) is 0 Å². The molecule has 0 N–H and O–H groups in total. The van der Waals surface area contributed by atoms with Crippen LogP contribution in [0.5, 0.6) is 5.75 Å². The Morgan fingerprint density at radius 1 is 1.24 bits per heavy atom. The van der Waals surface area contributed by atoms with Gasteiger partial charge in [0.15, 0.2) is 11.8 Å². The van der Waals surface area contributed by atoms with Gasteiger partial charge in [-0.25, -0.2) is 4.79 Å². The zero-order valence-electron chi connectivity index (χ0n) is 12.9. The number of carbonyl (C=O) groups is 1. The SMILES string of the molecule is CC(C)C[C@H](N=[P+]([O-])Oc1ccccc1)C(=O)OC(C)C. The largest absolute Gasteiger partial charge is 0.575 e. The molecule has 1 aromatic carbocycles. The van der Waals surface area contributed by atoms with Gasteiger partial charge < -0.3 is 9.63 Å². The van der Waals surface area contributed by atoms with E-state index >= 15 is 0 Å². The fourth-order valence-corrected chi connectivity index (χ4v) is 2.42. The summed E-state index contributed by atoms with van der Waals surface area (Å²) in [6.45, 7) is 7.47. The molecule has 1 rings (SSSR count). The third-order valence-electron chi connectivity index (χ3n) is 2.48. The van der Waals surface area contributed by atoms with E-state index in [1.54, 1.807) is 38.1 Å². The smallest absolute Gasteiger partial charge is 0.395 e. The van der Waals surface area contributed by atoms with Crippen LogP contribution in [0.25, 0.3) is 0 Å². The van der Waals surface area contributed by atoms with Gasteiger partial charge in [0.05, 0.1) is 6.10 Å². The third kappa shape index (κ3) is 7.21. The van der Waals surface area contributed by atoms with E-state index in [4.69, 9.17) is 9.26 Å². The first-order chi connectivity index (χ1) is 9.88. The summed E-state index contributed by atoms with van der Waals surface area (Å²) in [6.07, 6.45) is 0.250. The monoisotopic (exact) mass is 311 g/mol. The second kappa shape index (κ2) is 8.75. The van der Waals surface area contributed by atoms with E-state index in [9.17, 15) is 9.69 Å². The molecule has 2 atom stereocenters. The summed E-state index contributed by atoms with van der Waals surface area (Å²) in [5.41, 5.74) is 0. The number of rotatable bonds is 7. The molecule has 5 nitrogen and oxygen atoms in total. The van der Waals surface area contributed by atoms with E-state index in [-0.39, 0.29) is 12.0 Å². The van der Waals surface area contributed by atoms with Crippen molar-refractivity contribution in [3.05, 3.63) is 30.3 Å². The van der Waals surface area contributed by atoms with Gasteiger partial charge in [-0.3, -0.25) is 4.52 Å². The lowest BCUT2D eigenvalue weighted by atomic mass is 10.1. The zero-order valence-corrected chi connectivity index (χ0v) is 13.7. The minimum atomic E-state index is -2.31. The molecule has 0 saturated heterocycles. The summed E-state index contributed by atoms with van der Waals surface area (Å²) in [7, 11) is -2.31. The number of ether oxygens (including phenoxy) is 1. The molecule has 0 bridgehead atoms. The molecule has 0 aliphatic carbocycles. The highest BCUT2D eigenvalue weighted by atomic mass is 31.1. The van der Waals surface area contributed by atoms with E-state index in [1.807, 2.05) is 19.9 Å². The first-order valence-electron chi connectivity index (χ1n) is 7.00. The van der Waals surface area contributed by atoms with Gasteiger partial charge in [0.25, 0.3) is 0 Å². The van der Waals surface area contributed by atoms with Gasteiger partial charge in [-0.15, -0.1) is 0 Å². The molecule has 0 aliphatic heterocycles. The predicted octanol–water partition coefficient (Wildman–Crippen LogP) is 3.29. The maximum absolute atomic E-state index is 12.0. The van der Waals surface area contributed by atoms with Crippen LogP contribution < -0.4 is 9.42 Å². The van der Waals surface area contributed by atoms with Crippen molar-refractivity contribution in [2.45, 2.75) is 46.3 Å². The fraction of sp³-hybridized carbons (Fsp3) is 0.533. The lowest BCUT2D eigenvalue weighted by Gasteiger charge is -2.14. The first kappa shape index (κ1) is 17.6. The Morgan fingerprint density at radius 3 is 2.38 bits per heavy atom. The molecule has 1 aromatic rings. The Morgan fingerprint density at radius 2 is 1.86 bits per heavy atom. The van der Waals surface area contributed by atoms with Crippen molar-refractivity contribution >= 4 is 14.1 Å². The molecular weight excluding hydrogens is 289 g/mol. The average molecular weight is 311 g/mol. The van der Waals surface area contributed by atoms with Crippen molar-refractivity contribution in [2.75, 3.05) is 0 Å². The number of para-hydroxylation sites is 1. The van der Waals surface area contributed by atoms with Crippen LogP contribution in [0.15, 0.2) is 35.1 Å². The molecule has 0 saturated carbocycles. The Hall–Kier alpha value is -1.45. The van der Waals surface area contributed by atoms with Crippen LogP contribution in [0.3, 0.4) is 0 Å². The quantitative estimate of drug-likeness (QED) is 0.572. The molecule has 0 heterocycles. The second-order valence-electron chi connectivity index (χ2n) is 5.39. The fourth-order valence-electron chi connectivity index (χ4n) is 1.66. The van der Waals surface area contributed by atoms with Gasteiger partial charge in [-0.05, 0) is 38.3 Å². The van der Waals surface area contributed by atoms with E-state index < -0.39 is 20.2 Å². The minimum absolute atomic E-state index is 0.227. The maximum atomic E-state index is 12.0. The Labute approximate surface area is 126 Å². The van der Waals surface area contributed by atoms with Crippen molar-refractivity contribution in [1.29, 1.82) is 0 Å². The number of esters is 1. The second-order valence-corrected chi connectivity index (χ2v) is 6.28. The summed E-state index contributed by atoms with van der Waals surface area (Å²) in [5.74, 6) is 0.236. The van der Waals surface area contributed by atoms with Crippen LogP contribution in [0.1, 0.15) is 34.1 Å². The molecule has 1 unspecified atom stereocenters. The summed E-state index contributed by atoms with van der Waals surface area (Å²) < 4.78 is 14.3. The maximum Gasteiger partial charge on any atom is 0.395 e. The zero-order chi connectivity index (χ0) is 15.8. The highest BCUT2D eigenvalue weighted by molar-refractivity contribution is 7.34. The first-order valence-corrected chi connectivity index (χ1v) is 8.13. The van der Waals surface area contributed by atoms with E-state index in [2.05, 4.69) is 4.74 Å². The number of hydrogen-bond acceptors (Lipinski definition) is 5. The van der Waals surface area contributed by atoms with Crippen LogP contribution in [-0.2, 0) is 9.53 Å². The predicted molar refractivity (Wildman–Crippen MR) is 80.9 cm³/mol. The molecule has 116 valence electrons. The van der Waals surface area contributed by atoms with Gasteiger partial charge in [-0.1, -0.05) is 36.8 Å². The molecule has 0 amide bonds. The van der Waals surface area contributed by atoms with Crippen LogP contribution in [0, 0.1) is 5.92 Å². The van der Waals surface area contributed by atoms with Crippen LogP contribution in [-0.4, -0.2) is 18.1 Å². The number of benzene rings is 1. The van der Waals surface area contributed by atoms with E-state index in [0.29, 0.717) is 12.2 Å². The van der Waals surface area contributed by atoms with Crippen molar-refractivity contribution in [1.82, 2.24) is 0 Å². The number of carbonyl (C=O) groups excluding carboxylic acids is 1. The normalized spacial score (nSPS) is 13.4. The molecule has 21 heavy (non-hydrogen) atoms. The summed E-state index contributed by atoms with van der Waals surface area (Å²) in [4.78, 5) is 23.9. The van der Waals surface area contributed by atoms with Gasteiger partial charge in [0, 0.05) is 0 Å². The highest BCUT2D eigenvalue weighted by Gasteiger charge is 2.25. The van der Waals surface area contributed by atoms with Crippen molar-refractivity contribution in [2.24, 2.45) is 10.7 Å². The standard InChI is InChI=1S/C15H22NO4P/c1-11(2)10-14(15(17)19-12(3)4)16-21(18)20-13-8-6-5-7-9-13/h5-9,11-12,14H,10H2,1-4H3/t14-/m0/s1. The topological polar surface area (TPSA) is 71.0 Å². The number of hydrogen-bond donors (Lipinski definition) is 0. The van der Waals surface area contributed by atoms with Gasteiger partial charge in [0.2, 0.25) is 0 Å². The molecule has 6 heteroatoms. The molecular formula is C15H22NO4P. The summed E-state index contributed by atoms with van der Waals surface area (Å²) in [6, 6.07) is 7.99. The van der Waals surface area contributed by atoms with Gasteiger partial charge in [-0.2, -0.15) is 0 Å². The molecule has 0 fully saturated rings. The molecule has 0 spiro atoms. The Bertz CT molecular complexity index is 474. The molecule has 0 aromatic heterocycles. The third-order valence-corrected chi connectivity index (χ3v) is 3.31. The van der Waals surface area contributed by atoms with E-state index in [0.717, 1.165) is 0 Å². The van der Waals surface area contributed by atoms with Crippen LogP contribution in [0.4, 0.5) is 0 Å². The lowest BCUT2D eigenvalue weighted by Crippen LogP contribution is -2.26. The summed E-state index contributed by atoms with van der Waals surface area (Å²) >= 11 is 0. The average Bonchev–Trinajstić information content (AvgIpc) is 2.37. The molecule has 0 radical (unpaired) electrons.